The number of fused-ring (bicyclic) bond motifs is 1. The van der Waals surface area contributed by atoms with Crippen LogP contribution in [0.1, 0.15) is 53.2 Å². The van der Waals surface area contributed by atoms with Gasteiger partial charge in [-0.1, -0.05) is 49.4 Å². The fraction of sp³-hybridized carbons (Fsp3) is 0.387. The lowest BCUT2D eigenvalue weighted by Crippen LogP contribution is -2.30. The van der Waals surface area contributed by atoms with Gasteiger partial charge in [-0.3, -0.25) is 9.69 Å². The third-order valence-electron chi connectivity index (χ3n) is 7.01. The van der Waals surface area contributed by atoms with Gasteiger partial charge < -0.3 is 9.64 Å². The fourth-order valence-corrected chi connectivity index (χ4v) is 5.23. The number of benzene rings is 2. The largest absolute Gasteiger partial charge is 0.573 e. The van der Waals surface area contributed by atoms with Gasteiger partial charge in [-0.05, 0) is 84.7 Å². The summed E-state index contributed by atoms with van der Waals surface area (Å²) in [5.74, 6) is -0.282. The Morgan fingerprint density at radius 2 is 1.92 bits per heavy atom. The van der Waals surface area contributed by atoms with Gasteiger partial charge in [0.05, 0.1) is 0 Å². The predicted molar refractivity (Wildman–Crippen MR) is 144 cm³/mol. The topological polar surface area (TPSA) is 32.8 Å². The smallest absolute Gasteiger partial charge is 0.406 e. The van der Waals surface area contributed by atoms with E-state index in [2.05, 4.69) is 59.5 Å². The van der Waals surface area contributed by atoms with Crippen molar-refractivity contribution in [3.05, 3.63) is 95.3 Å². The van der Waals surface area contributed by atoms with Crippen LogP contribution in [0.25, 0.3) is 11.1 Å². The van der Waals surface area contributed by atoms with Crippen LogP contribution in [0.2, 0.25) is 0 Å². The molecule has 1 aliphatic carbocycles. The van der Waals surface area contributed by atoms with E-state index in [1.807, 2.05) is 13.0 Å². The maximum Gasteiger partial charge on any atom is 0.573 e. The van der Waals surface area contributed by atoms with Crippen molar-refractivity contribution in [1.82, 2.24) is 9.80 Å². The molecule has 7 heteroatoms. The van der Waals surface area contributed by atoms with Crippen molar-refractivity contribution < 1.29 is 22.7 Å². The van der Waals surface area contributed by atoms with Crippen molar-refractivity contribution in [1.29, 1.82) is 0 Å². The molecule has 1 amide bonds. The first-order valence-corrected chi connectivity index (χ1v) is 13.2. The molecule has 2 aromatic carbocycles. The normalized spacial score (nSPS) is 17.1. The van der Waals surface area contributed by atoms with Crippen molar-refractivity contribution in [2.24, 2.45) is 5.92 Å². The molecule has 2 aromatic rings. The maximum absolute atomic E-state index is 13.2. The standard InChI is InChI=1S/C31H35F3N2O2/c1-4-6-16-35(15-5-2)19-23-7-11-25(12-8-23)26-17-22(3)29-27(18-26)21-36(30(29)37)20-24-9-13-28(14-10-24)38-31(32,33)34/h4,7-9,11-14,17-18,24H,1,5-6,10,15-16,19-21H2,2-3H3. The van der Waals surface area contributed by atoms with Gasteiger partial charge in [-0.2, -0.15) is 0 Å². The molecule has 1 atom stereocenters. The Morgan fingerprint density at radius 1 is 1.16 bits per heavy atom. The summed E-state index contributed by atoms with van der Waals surface area (Å²) in [5.41, 5.74) is 6.12. The molecule has 0 spiro atoms. The van der Waals surface area contributed by atoms with Crippen LogP contribution in [0.4, 0.5) is 13.2 Å². The molecule has 1 heterocycles. The van der Waals surface area contributed by atoms with Crippen LogP contribution in [0.5, 0.6) is 0 Å². The van der Waals surface area contributed by atoms with E-state index in [0.29, 0.717) is 19.5 Å². The van der Waals surface area contributed by atoms with Crippen LogP contribution in [0.3, 0.4) is 0 Å². The third kappa shape index (κ3) is 6.95. The Morgan fingerprint density at radius 3 is 2.55 bits per heavy atom. The minimum atomic E-state index is -4.70. The lowest BCUT2D eigenvalue weighted by Gasteiger charge is -2.23. The molecule has 1 aliphatic heterocycles. The molecule has 0 N–H and O–H groups in total. The lowest BCUT2D eigenvalue weighted by molar-refractivity contribution is -0.303. The number of hydrogen-bond donors (Lipinski definition) is 0. The van der Waals surface area contributed by atoms with Gasteiger partial charge in [-0.15, -0.1) is 19.8 Å². The number of aryl methyl sites for hydroxylation is 1. The average molecular weight is 525 g/mol. The van der Waals surface area contributed by atoms with E-state index in [0.717, 1.165) is 60.3 Å². The zero-order chi connectivity index (χ0) is 27.3. The van der Waals surface area contributed by atoms with Crippen LogP contribution in [-0.2, 0) is 17.8 Å². The average Bonchev–Trinajstić information content (AvgIpc) is 3.18. The molecular formula is C31H35F3N2O2. The van der Waals surface area contributed by atoms with Gasteiger partial charge >= 0.3 is 6.36 Å². The molecule has 0 bridgehead atoms. The second-order valence-electron chi connectivity index (χ2n) is 10.1. The summed E-state index contributed by atoms with van der Waals surface area (Å²) in [4.78, 5) is 17.4. The van der Waals surface area contributed by atoms with E-state index in [1.54, 1.807) is 11.0 Å². The van der Waals surface area contributed by atoms with Crippen LogP contribution < -0.4 is 0 Å². The zero-order valence-electron chi connectivity index (χ0n) is 22.1. The third-order valence-corrected chi connectivity index (χ3v) is 7.01. The van der Waals surface area contributed by atoms with Crippen molar-refractivity contribution in [3.8, 4) is 11.1 Å². The van der Waals surface area contributed by atoms with Crippen LogP contribution in [-0.4, -0.2) is 41.7 Å². The first-order valence-electron chi connectivity index (χ1n) is 13.2. The lowest BCUT2D eigenvalue weighted by atomic mass is 9.95. The van der Waals surface area contributed by atoms with Gasteiger partial charge in [0.25, 0.3) is 5.91 Å². The molecule has 4 rings (SSSR count). The summed E-state index contributed by atoms with van der Waals surface area (Å²) in [6.07, 6.45) is 4.19. The monoisotopic (exact) mass is 524 g/mol. The number of allylic oxidation sites excluding steroid dienone is 2. The molecule has 4 nitrogen and oxygen atoms in total. The van der Waals surface area contributed by atoms with E-state index < -0.39 is 6.36 Å². The molecule has 202 valence electrons. The zero-order valence-corrected chi connectivity index (χ0v) is 22.1. The summed E-state index contributed by atoms with van der Waals surface area (Å²) >= 11 is 0. The van der Waals surface area contributed by atoms with Gasteiger partial charge in [0.1, 0.15) is 5.76 Å². The van der Waals surface area contributed by atoms with Crippen molar-refractivity contribution in [2.75, 3.05) is 19.6 Å². The number of amides is 1. The van der Waals surface area contributed by atoms with Gasteiger partial charge in [0.2, 0.25) is 0 Å². The SMILES string of the molecule is C=CCCN(CCC)Cc1ccc(-c2cc(C)c3c(c2)CN(CC2C=CC(OC(F)(F)F)=CC2)C3=O)cc1. The molecular weight excluding hydrogens is 489 g/mol. The molecule has 0 saturated carbocycles. The van der Waals surface area contributed by atoms with Crippen LogP contribution in [0, 0.1) is 12.8 Å². The van der Waals surface area contributed by atoms with Crippen LogP contribution >= 0.6 is 0 Å². The molecule has 1 unspecified atom stereocenters. The highest BCUT2D eigenvalue weighted by Gasteiger charge is 2.33. The number of halogens is 3. The highest BCUT2D eigenvalue weighted by atomic mass is 19.4. The summed E-state index contributed by atoms with van der Waals surface area (Å²) in [6.45, 7) is 11.9. The summed E-state index contributed by atoms with van der Waals surface area (Å²) < 4.78 is 41.3. The first-order chi connectivity index (χ1) is 18.2. The molecule has 38 heavy (non-hydrogen) atoms. The van der Waals surface area contributed by atoms with Crippen molar-refractivity contribution in [2.45, 2.75) is 52.6 Å². The second-order valence-corrected chi connectivity index (χ2v) is 10.1. The predicted octanol–water partition coefficient (Wildman–Crippen LogP) is 7.40. The van der Waals surface area contributed by atoms with Crippen LogP contribution in [0.15, 0.2) is 73.0 Å². The van der Waals surface area contributed by atoms with E-state index in [4.69, 9.17) is 0 Å². The number of rotatable bonds is 11. The van der Waals surface area contributed by atoms with Gasteiger partial charge in [0, 0.05) is 31.7 Å². The highest BCUT2D eigenvalue weighted by molar-refractivity contribution is 6.00. The number of alkyl halides is 3. The van der Waals surface area contributed by atoms with E-state index in [1.165, 1.54) is 17.7 Å². The summed E-state index contributed by atoms with van der Waals surface area (Å²) in [6, 6.07) is 12.8. The van der Waals surface area contributed by atoms with Crippen molar-refractivity contribution >= 4 is 5.91 Å². The number of carbonyl (C=O) groups is 1. The van der Waals surface area contributed by atoms with Gasteiger partial charge in [0.15, 0.2) is 0 Å². The fourth-order valence-electron chi connectivity index (χ4n) is 5.23. The summed E-state index contributed by atoms with van der Waals surface area (Å²) in [7, 11) is 0. The molecule has 0 fully saturated rings. The molecule has 2 aliphatic rings. The number of hydrogen-bond acceptors (Lipinski definition) is 3. The Bertz CT molecular complexity index is 1210. The Labute approximate surface area is 223 Å². The molecule has 0 saturated heterocycles. The molecule has 0 aromatic heterocycles. The minimum absolute atomic E-state index is 0.0235. The van der Waals surface area contributed by atoms with E-state index in [-0.39, 0.29) is 17.6 Å². The first kappa shape index (κ1) is 27.7. The van der Waals surface area contributed by atoms with Gasteiger partial charge in [-0.25, -0.2) is 0 Å². The van der Waals surface area contributed by atoms with E-state index >= 15 is 0 Å². The highest BCUT2D eigenvalue weighted by Crippen LogP contribution is 2.33. The second kappa shape index (κ2) is 12.0. The minimum Gasteiger partial charge on any atom is -0.406 e. The number of carbonyl (C=O) groups excluding carboxylic acids is 1. The Kier molecular flexibility index (Phi) is 8.77. The van der Waals surface area contributed by atoms with E-state index in [9.17, 15) is 18.0 Å². The Balaban J connectivity index is 1.42. The molecule has 0 radical (unpaired) electrons. The number of nitrogens with zero attached hydrogens (tertiary/aromatic N) is 2. The number of ether oxygens (including phenoxy) is 1. The maximum atomic E-state index is 13.2. The summed E-state index contributed by atoms with van der Waals surface area (Å²) in [5, 5.41) is 0. The Hall–Kier alpha value is -3.32. The quantitative estimate of drug-likeness (QED) is 0.287. The van der Waals surface area contributed by atoms with Crippen molar-refractivity contribution in [3.63, 3.8) is 0 Å².